The van der Waals surface area contributed by atoms with Gasteiger partial charge in [-0.1, -0.05) is 23.9 Å². The lowest BCUT2D eigenvalue weighted by molar-refractivity contribution is -0.122. The summed E-state index contributed by atoms with van der Waals surface area (Å²) < 4.78 is 0.347. The highest BCUT2D eigenvalue weighted by Gasteiger charge is 2.31. The second kappa shape index (κ2) is 6.86. The molecule has 24 heavy (non-hydrogen) atoms. The lowest BCUT2D eigenvalue weighted by atomic mass is 10.2. The number of carbonyl (C=O) groups is 1. The van der Waals surface area contributed by atoms with Gasteiger partial charge >= 0.3 is 0 Å². The minimum absolute atomic E-state index is 0.162. The Labute approximate surface area is 147 Å². The van der Waals surface area contributed by atoms with Crippen LogP contribution >= 0.6 is 24.0 Å². The molecule has 1 aliphatic heterocycles. The summed E-state index contributed by atoms with van der Waals surface area (Å²) in [6.07, 6.45) is 3.21. The average Bonchev–Trinajstić information content (AvgIpc) is 2.83. The smallest absolute Gasteiger partial charge is 0.286 e. The number of thiocarbonyl (C=S) groups is 1. The Kier molecular flexibility index (Phi) is 4.64. The Bertz CT molecular complexity index is 843. The maximum absolute atomic E-state index is 12.4. The highest BCUT2D eigenvalue weighted by Crippen LogP contribution is 2.32. The van der Waals surface area contributed by atoms with E-state index in [1.807, 2.05) is 0 Å². The van der Waals surface area contributed by atoms with Crippen molar-refractivity contribution in [3.8, 4) is 11.5 Å². The Morgan fingerprint density at radius 1 is 0.958 bits per heavy atom. The first-order valence-electron chi connectivity index (χ1n) is 6.93. The lowest BCUT2D eigenvalue weighted by Crippen LogP contribution is -2.22. The molecule has 120 valence electrons. The van der Waals surface area contributed by atoms with Gasteiger partial charge in [-0.25, -0.2) is 0 Å². The molecule has 0 atom stereocenters. The molecule has 1 amide bonds. The summed E-state index contributed by atoms with van der Waals surface area (Å²) in [5, 5.41) is 23.8. The molecule has 0 aliphatic carbocycles. The number of phenols is 2. The van der Waals surface area contributed by atoms with Crippen molar-refractivity contribution in [2.45, 2.75) is 0 Å². The molecule has 2 aromatic rings. The largest absolute Gasteiger partial charge is 0.508 e. The van der Waals surface area contributed by atoms with Gasteiger partial charge in [0, 0.05) is 0 Å². The Balaban J connectivity index is 1.78. The van der Waals surface area contributed by atoms with E-state index in [0.717, 1.165) is 11.1 Å². The number of hydrogen-bond donors (Lipinski definition) is 2. The van der Waals surface area contributed by atoms with E-state index < -0.39 is 0 Å². The third kappa shape index (κ3) is 3.64. The Hall–Kier alpha value is -2.64. The lowest BCUT2D eigenvalue weighted by Gasteiger charge is -2.06. The Morgan fingerprint density at radius 3 is 2.08 bits per heavy atom. The third-order valence-electron chi connectivity index (χ3n) is 3.18. The zero-order chi connectivity index (χ0) is 17.1. The number of aromatic hydroxyl groups is 2. The molecule has 3 rings (SSSR count). The molecule has 2 N–H and O–H groups in total. The first-order chi connectivity index (χ1) is 11.5. The highest BCUT2D eigenvalue weighted by atomic mass is 32.2. The summed E-state index contributed by atoms with van der Waals surface area (Å²) in [4.78, 5) is 12.9. The van der Waals surface area contributed by atoms with Gasteiger partial charge in [0.1, 0.15) is 11.5 Å². The number of benzene rings is 2. The molecule has 1 fully saturated rings. The second-order valence-corrected chi connectivity index (χ2v) is 6.60. The van der Waals surface area contributed by atoms with E-state index in [2.05, 4.69) is 5.10 Å². The first-order valence-corrected chi connectivity index (χ1v) is 8.15. The number of amides is 1. The van der Waals surface area contributed by atoms with E-state index in [0.29, 0.717) is 9.23 Å². The van der Waals surface area contributed by atoms with Gasteiger partial charge in [0.25, 0.3) is 5.91 Å². The normalized spacial score (nSPS) is 16.5. The summed E-state index contributed by atoms with van der Waals surface area (Å²) in [6.45, 7) is 0. The van der Waals surface area contributed by atoms with Crippen molar-refractivity contribution in [2.75, 3.05) is 0 Å². The fourth-order valence-corrected chi connectivity index (χ4v) is 3.14. The fraction of sp³-hybridized carbons (Fsp3) is 0. The van der Waals surface area contributed by atoms with Crippen molar-refractivity contribution < 1.29 is 15.0 Å². The van der Waals surface area contributed by atoms with Crippen LogP contribution in [-0.2, 0) is 4.79 Å². The monoisotopic (exact) mass is 356 g/mol. The first kappa shape index (κ1) is 16.2. The van der Waals surface area contributed by atoms with Crippen molar-refractivity contribution in [1.82, 2.24) is 5.01 Å². The van der Waals surface area contributed by atoms with Crippen LogP contribution in [0.4, 0.5) is 0 Å². The summed E-state index contributed by atoms with van der Waals surface area (Å²) in [7, 11) is 0. The van der Waals surface area contributed by atoms with E-state index in [-0.39, 0.29) is 17.4 Å². The van der Waals surface area contributed by atoms with E-state index in [1.165, 1.54) is 35.1 Å². The molecule has 1 heterocycles. The summed E-state index contributed by atoms with van der Waals surface area (Å²) in [5.74, 6) is 0.0286. The van der Waals surface area contributed by atoms with Crippen LogP contribution in [0.3, 0.4) is 0 Å². The number of carbonyl (C=O) groups excluding carboxylic acids is 1. The van der Waals surface area contributed by atoms with E-state index in [1.54, 1.807) is 42.5 Å². The maximum Gasteiger partial charge on any atom is 0.286 e. The van der Waals surface area contributed by atoms with Crippen molar-refractivity contribution in [2.24, 2.45) is 5.10 Å². The van der Waals surface area contributed by atoms with Crippen LogP contribution in [0, 0.1) is 0 Å². The minimum atomic E-state index is -0.298. The molecular weight excluding hydrogens is 344 g/mol. The quantitative estimate of drug-likeness (QED) is 0.501. The van der Waals surface area contributed by atoms with Crippen molar-refractivity contribution in [1.29, 1.82) is 0 Å². The number of phenolic OH excluding ortho intramolecular Hbond substituents is 2. The van der Waals surface area contributed by atoms with Gasteiger partial charge in [-0.2, -0.15) is 10.1 Å². The zero-order valence-electron chi connectivity index (χ0n) is 12.3. The van der Waals surface area contributed by atoms with Gasteiger partial charge in [0.05, 0.1) is 11.1 Å². The van der Waals surface area contributed by atoms with E-state index in [4.69, 9.17) is 12.2 Å². The molecule has 1 saturated heterocycles. The number of hydrogen-bond acceptors (Lipinski definition) is 6. The molecule has 0 spiro atoms. The van der Waals surface area contributed by atoms with Crippen molar-refractivity contribution >= 4 is 46.5 Å². The van der Waals surface area contributed by atoms with Crippen LogP contribution in [0.15, 0.2) is 58.5 Å². The van der Waals surface area contributed by atoms with E-state index >= 15 is 0 Å². The molecule has 1 aliphatic rings. The summed E-state index contributed by atoms with van der Waals surface area (Å²) >= 11 is 6.37. The molecule has 2 aromatic carbocycles. The van der Waals surface area contributed by atoms with Crippen LogP contribution in [0.25, 0.3) is 6.08 Å². The highest BCUT2D eigenvalue weighted by molar-refractivity contribution is 8.26. The van der Waals surface area contributed by atoms with Crippen molar-refractivity contribution in [3.05, 3.63) is 64.6 Å². The van der Waals surface area contributed by atoms with Gasteiger partial charge in [-0.15, -0.1) is 0 Å². The standard InChI is InChI=1S/C17H12N2O3S2/c20-13-5-1-11(2-6-13)9-15-16(22)19(17(23)24-15)18-10-12-3-7-14(21)8-4-12/h1-10,20-21H/b15-9+,18-10-. The molecule has 0 aromatic heterocycles. The van der Waals surface area contributed by atoms with Crippen LogP contribution < -0.4 is 0 Å². The fourth-order valence-electron chi connectivity index (χ4n) is 1.97. The summed E-state index contributed by atoms with van der Waals surface area (Å²) in [6, 6.07) is 13.0. The van der Waals surface area contributed by atoms with Crippen molar-refractivity contribution in [3.63, 3.8) is 0 Å². The Morgan fingerprint density at radius 2 is 1.50 bits per heavy atom. The molecule has 5 nitrogen and oxygen atoms in total. The number of thioether (sulfide) groups is 1. The van der Waals surface area contributed by atoms with Crippen LogP contribution in [0.1, 0.15) is 11.1 Å². The van der Waals surface area contributed by atoms with Gasteiger partial charge in [0.2, 0.25) is 0 Å². The minimum Gasteiger partial charge on any atom is -0.508 e. The SMILES string of the molecule is O=C1/C(=C\c2ccc(O)cc2)SC(=S)N1/N=C\c1ccc(O)cc1. The number of nitrogens with zero attached hydrogens (tertiary/aromatic N) is 2. The predicted molar refractivity (Wildman–Crippen MR) is 98.8 cm³/mol. The van der Waals surface area contributed by atoms with Gasteiger partial charge in [0.15, 0.2) is 4.32 Å². The van der Waals surface area contributed by atoms with Crippen LogP contribution in [-0.4, -0.2) is 31.7 Å². The number of hydrazone groups is 1. The topological polar surface area (TPSA) is 73.1 Å². The maximum atomic E-state index is 12.4. The van der Waals surface area contributed by atoms with Gasteiger partial charge in [-0.3, -0.25) is 4.79 Å². The van der Waals surface area contributed by atoms with Gasteiger partial charge in [-0.05, 0) is 65.8 Å². The molecule has 0 saturated carbocycles. The molecule has 0 unspecified atom stereocenters. The van der Waals surface area contributed by atoms with E-state index in [9.17, 15) is 15.0 Å². The molecular formula is C17H12N2O3S2. The molecule has 0 radical (unpaired) electrons. The zero-order valence-corrected chi connectivity index (χ0v) is 13.9. The van der Waals surface area contributed by atoms with Crippen LogP contribution in [0.2, 0.25) is 0 Å². The van der Waals surface area contributed by atoms with Crippen LogP contribution in [0.5, 0.6) is 11.5 Å². The van der Waals surface area contributed by atoms with Gasteiger partial charge < -0.3 is 10.2 Å². The number of rotatable bonds is 3. The predicted octanol–water partition coefficient (Wildman–Crippen LogP) is 3.33. The molecule has 7 heteroatoms. The summed E-state index contributed by atoms with van der Waals surface area (Å²) in [5.41, 5.74) is 1.53. The average molecular weight is 356 g/mol. The third-order valence-corrected chi connectivity index (χ3v) is 4.46. The second-order valence-electron chi connectivity index (χ2n) is 4.92. The molecule has 0 bridgehead atoms.